The summed E-state index contributed by atoms with van der Waals surface area (Å²) in [4.78, 5) is 10.9. The molecule has 0 fully saturated rings. The van der Waals surface area contributed by atoms with Crippen LogP contribution in [0.3, 0.4) is 0 Å². The molecular formula is C12H13ClO4. The van der Waals surface area contributed by atoms with Gasteiger partial charge in [0.1, 0.15) is 0 Å². The average Bonchev–Trinajstić information content (AvgIpc) is 2.53. The van der Waals surface area contributed by atoms with E-state index in [-0.39, 0.29) is 0 Å². The number of hydrogen-bond acceptors (Lipinski definition) is 3. The van der Waals surface area contributed by atoms with Gasteiger partial charge in [0.2, 0.25) is 0 Å². The molecule has 1 heterocycles. The molecule has 5 heteroatoms. The molecule has 0 spiro atoms. The highest BCUT2D eigenvalue weighted by Gasteiger charge is 2.20. The van der Waals surface area contributed by atoms with E-state index in [1.54, 1.807) is 19.1 Å². The summed E-state index contributed by atoms with van der Waals surface area (Å²) in [6.07, 6.45) is 0.787. The van der Waals surface area contributed by atoms with Crippen LogP contribution in [0, 0.1) is 0 Å². The predicted octanol–water partition coefficient (Wildman–Crippen LogP) is 2.69. The lowest BCUT2D eigenvalue weighted by Crippen LogP contribution is -2.08. The molecule has 1 aliphatic heterocycles. The summed E-state index contributed by atoms with van der Waals surface area (Å²) in [5.74, 6) is -0.483. The first-order chi connectivity index (χ1) is 8.09. The molecule has 4 nitrogen and oxygen atoms in total. The summed E-state index contributed by atoms with van der Waals surface area (Å²) in [5.41, 5.74) is 0.617. The smallest absolute Gasteiger partial charge is 0.310 e. The van der Waals surface area contributed by atoms with Crippen LogP contribution in [-0.4, -0.2) is 24.3 Å². The van der Waals surface area contributed by atoms with E-state index in [2.05, 4.69) is 0 Å². The topological polar surface area (TPSA) is 55.8 Å². The molecule has 1 N–H and O–H groups in total. The van der Waals surface area contributed by atoms with E-state index < -0.39 is 11.9 Å². The molecule has 0 radical (unpaired) electrons. The Morgan fingerprint density at radius 1 is 1.41 bits per heavy atom. The van der Waals surface area contributed by atoms with E-state index in [9.17, 15) is 4.79 Å². The van der Waals surface area contributed by atoms with Crippen LogP contribution in [0.15, 0.2) is 12.1 Å². The molecule has 0 saturated carbocycles. The molecule has 1 aliphatic rings. The molecule has 0 aromatic heterocycles. The van der Waals surface area contributed by atoms with Gasteiger partial charge in [-0.15, -0.1) is 0 Å². The first kappa shape index (κ1) is 12.0. The molecule has 0 bridgehead atoms. The Hall–Kier alpha value is -1.42. The van der Waals surface area contributed by atoms with Crippen LogP contribution in [0.2, 0.25) is 5.02 Å². The number of ether oxygens (including phenoxy) is 2. The van der Waals surface area contributed by atoms with E-state index in [1.165, 1.54) is 0 Å². The van der Waals surface area contributed by atoms with Crippen molar-refractivity contribution in [1.82, 2.24) is 0 Å². The van der Waals surface area contributed by atoms with Crippen LogP contribution >= 0.6 is 11.6 Å². The summed E-state index contributed by atoms with van der Waals surface area (Å²) in [7, 11) is 0. The fourth-order valence-corrected chi connectivity index (χ4v) is 1.92. The zero-order valence-electron chi connectivity index (χ0n) is 9.40. The van der Waals surface area contributed by atoms with Crippen LogP contribution in [-0.2, 0) is 4.79 Å². The predicted molar refractivity (Wildman–Crippen MR) is 63.1 cm³/mol. The Morgan fingerprint density at radius 3 is 2.82 bits per heavy atom. The van der Waals surface area contributed by atoms with Gasteiger partial charge in [-0.1, -0.05) is 11.6 Å². The highest BCUT2D eigenvalue weighted by atomic mass is 35.5. The molecule has 1 aromatic rings. The van der Waals surface area contributed by atoms with Crippen molar-refractivity contribution in [3.05, 3.63) is 22.7 Å². The minimum Gasteiger partial charge on any atom is -0.489 e. The molecule has 17 heavy (non-hydrogen) atoms. The number of fused-ring (bicyclic) bond motifs is 1. The number of halogens is 1. The summed E-state index contributed by atoms with van der Waals surface area (Å²) in [6, 6.07) is 3.30. The number of aliphatic carboxylic acids is 1. The summed E-state index contributed by atoms with van der Waals surface area (Å²) < 4.78 is 11.0. The molecule has 0 aliphatic carbocycles. The van der Waals surface area contributed by atoms with Crippen LogP contribution < -0.4 is 9.47 Å². The summed E-state index contributed by atoms with van der Waals surface area (Å²) in [5, 5.41) is 9.37. The van der Waals surface area contributed by atoms with Gasteiger partial charge < -0.3 is 14.6 Å². The van der Waals surface area contributed by atoms with Crippen molar-refractivity contribution in [3.8, 4) is 11.5 Å². The van der Waals surface area contributed by atoms with Crippen molar-refractivity contribution in [2.45, 2.75) is 19.3 Å². The lowest BCUT2D eigenvalue weighted by Gasteiger charge is -2.13. The molecule has 1 aromatic carbocycles. The Balaban J connectivity index is 2.42. The second kappa shape index (κ2) is 4.84. The van der Waals surface area contributed by atoms with Gasteiger partial charge in [0.25, 0.3) is 0 Å². The number of carboxylic acid groups (broad SMARTS) is 1. The van der Waals surface area contributed by atoms with Gasteiger partial charge in [0, 0.05) is 6.42 Å². The Labute approximate surface area is 104 Å². The fraction of sp³-hybridized carbons (Fsp3) is 0.417. The summed E-state index contributed by atoms with van der Waals surface area (Å²) >= 11 is 6.07. The maximum Gasteiger partial charge on any atom is 0.310 e. The van der Waals surface area contributed by atoms with E-state index in [1.807, 2.05) is 0 Å². The highest BCUT2D eigenvalue weighted by Crippen LogP contribution is 2.39. The van der Waals surface area contributed by atoms with Gasteiger partial charge in [-0.25, -0.2) is 0 Å². The largest absolute Gasteiger partial charge is 0.489 e. The van der Waals surface area contributed by atoms with Gasteiger partial charge in [-0.05, 0) is 24.6 Å². The minimum absolute atomic E-state index is 0.396. The quantitative estimate of drug-likeness (QED) is 0.884. The van der Waals surface area contributed by atoms with Gasteiger partial charge >= 0.3 is 5.97 Å². The minimum atomic E-state index is -0.893. The van der Waals surface area contributed by atoms with Crippen molar-refractivity contribution >= 4 is 17.6 Å². The number of hydrogen-bond donors (Lipinski definition) is 1. The lowest BCUT2D eigenvalue weighted by atomic mass is 10.0. The van der Waals surface area contributed by atoms with E-state index in [0.717, 1.165) is 6.42 Å². The number of rotatable bonds is 2. The zero-order chi connectivity index (χ0) is 12.4. The van der Waals surface area contributed by atoms with Crippen molar-refractivity contribution in [3.63, 3.8) is 0 Å². The lowest BCUT2D eigenvalue weighted by molar-refractivity contribution is -0.138. The summed E-state index contributed by atoms with van der Waals surface area (Å²) in [6.45, 7) is 2.72. The van der Waals surface area contributed by atoms with Crippen molar-refractivity contribution in [2.24, 2.45) is 0 Å². The number of benzene rings is 1. The van der Waals surface area contributed by atoms with Crippen LogP contribution in [0.1, 0.15) is 24.8 Å². The van der Waals surface area contributed by atoms with Crippen molar-refractivity contribution < 1.29 is 19.4 Å². The zero-order valence-corrected chi connectivity index (χ0v) is 10.2. The monoisotopic (exact) mass is 256 g/mol. The molecule has 1 atom stereocenters. The first-order valence-corrected chi connectivity index (χ1v) is 5.79. The fourth-order valence-electron chi connectivity index (χ4n) is 1.64. The van der Waals surface area contributed by atoms with Crippen LogP contribution in [0.4, 0.5) is 0 Å². The third-order valence-corrected chi connectivity index (χ3v) is 2.98. The molecule has 0 amide bonds. The molecular weight excluding hydrogens is 244 g/mol. The number of carboxylic acids is 1. The SMILES string of the molecule is CC(C(=O)O)c1cc(Cl)c2c(c1)OCCCO2. The third kappa shape index (κ3) is 2.47. The van der Waals surface area contributed by atoms with Gasteiger partial charge in [-0.2, -0.15) is 0 Å². The second-order valence-electron chi connectivity index (χ2n) is 3.94. The normalized spacial score (nSPS) is 16.1. The molecule has 1 unspecified atom stereocenters. The molecule has 0 saturated heterocycles. The maximum atomic E-state index is 10.9. The Bertz CT molecular complexity index is 444. The molecule has 2 rings (SSSR count). The first-order valence-electron chi connectivity index (χ1n) is 5.41. The third-order valence-electron chi connectivity index (χ3n) is 2.69. The van der Waals surface area contributed by atoms with E-state index in [0.29, 0.717) is 35.3 Å². The van der Waals surface area contributed by atoms with Gasteiger partial charge in [-0.3, -0.25) is 4.79 Å². The van der Waals surface area contributed by atoms with Crippen molar-refractivity contribution in [2.75, 3.05) is 13.2 Å². The number of carbonyl (C=O) groups is 1. The van der Waals surface area contributed by atoms with Crippen LogP contribution in [0.5, 0.6) is 11.5 Å². The van der Waals surface area contributed by atoms with Crippen LogP contribution in [0.25, 0.3) is 0 Å². The Morgan fingerprint density at radius 2 is 2.12 bits per heavy atom. The average molecular weight is 257 g/mol. The van der Waals surface area contributed by atoms with E-state index >= 15 is 0 Å². The highest BCUT2D eigenvalue weighted by molar-refractivity contribution is 6.32. The Kier molecular flexibility index (Phi) is 3.43. The van der Waals surface area contributed by atoms with E-state index in [4.69, 9.17) is 26.2 Å². The van der Waals surface area contributed by atoms with Crippen molar-refractivity contribution in [1.29, 1.82) is 0 Å². The standard InChI is InChI=1S/C12H13ClO4/c1-7(12(14)15)8-5-9(13)11-10(6-8)16-3-2-4-17-11/h5-7H,2-4H2,1H3,(H,14,15). The molecule has 92 valence electrons. The van der Waals surface area contributed by atoms with Gasteiger partial charge in [0.15, 0.2) is 11.5 Å². The maximum absolute atomic E-state index is 10.9. The van der Waals surface area contributed by atoms with Gasteiger partial charge in [0.05, 0.1) is 24.2 Å². The second-order valence-corrected chi connectivity index (χ2v) is 4.35.